The van der Waals surface area contributed by atoms with Crippen molar-refractivity contribution in [3.05, 3.63) is 18.3 Å². The molecule has 0 radical (unpaired) electrons. The van der Waals surface area contributed by atoms with E-state index in [-0.39, 0.29) is 0 Å². The van der Waals surface area contributed by atoms with Crippen LogP contribution >= 0.6 is 0 Å². The van der Waals surface area contributed by atoms with Gasteiger partial charge in [-0.15, -0.1) is 0 Å². The number of aromatic nitrogens is 1. The maximum absolute atomic E-state index is 12.3. The Labute approximate surface area is 127 Å². The summed E-state index contributed by atoms with van der Waals surface area (Å²) in [5.74, 6) is 0.742. The molecule has 0 aromatic carbocycles. The summed E-state index contributed by atoms with van der Waals surface area (Å²) in [4.78, 5) is 4.51. The third-order valence-corrected chi connectivity index (χ3v) is 5.66. The molecule has 5 nitrogen and oxygen atoms in total. The van der Waals surface area contributed by atoms with Crippen LogP contribution in [0, 0.1) is 0 Å². The quantitative estimate of drug-likeness (QED) is 0.750. The van der Waals surface area contributed by atoms with E-state index in [1.165, 1.54) is 25.5 Å². The standard InChI is InChI=1S/C15H25N3O2S/c1-2-3-4-5-10-16-15-9-8-14(13-17-15)21(19,20)18-11-6-7-12-18/h8-9,13H,2-7,10-12H2,1H3,(H,16,17). The largest absolute Gasteiger partial charge is 0.370 e. The van der Waals surface area contributed by atoms with Gasteiger partial charge in [-0.1, -0.05) is 26.2 Å². The van der Waals surface area contributed by atoms with Gasteiger partial charge in [0.25, 0.3) is 0 Å². The van der Waals surface area contributed by atoms with Gasteiger partial charge in [0.05, 0.1) is 0 Å². The Balaban J connectivity index is 1.89. The fourth-order valence-electron chi connectivity index (χ4n) is 2.48. The van der Waals surface area contributed by atoms with Crippen LogP contribution in [0.2, 0.25) is 0 Å². The van der Waals surface area contributed by atoms with Crippen LogP contribution in [0.15, 0.2) is 23.2 Å². The molecule has 2 heterocycles. The lowest BCUT2D eigenvalue weighted by molar-refractivity contribution is 0.477. The minimum Gasteiger partial charge on any atom is -0.370 e. The molecule has 1 aliphatic heterocycles. The van der Waals surface area contributed by atoms with E-state index in [0.29, 0.717) is 18.0 Å². The minimum atomic E-state index is -3.34. The van der Waals surface area contributed by atoms with Gasteiger partial charge in [-0.25, -0.2) is 13.4 Å². The van der Waals surface area contributed by atoms with Crippen molar-refractivity contribution in [3.63, 3.8) is 0 Å². The van der Waals surface area contributed by atoms with Crippen LogP contribution in [0.4, 0.5) is 5.82 Å². The molecule has 0 amide bonds. The van der Waals surface area contributed by atoms with Gasteiger partial charge in [0.15, 0.2) is 0 Å². The van der Waals surface area contributed by atoms with Crippen molar-refractivity contribution in [1.29, 1.82) is 0 Å². The van der Waals surface area contributed by atoms with E-state index < -0.39 is 10.0 Å². The normalized spacial score (nSPS) is 16.2. The number of hydrogen-bond donors (Lipinski definition) is 1. The van der Waals surface area contributed by atoms with E-state index in [2.05, 4.69) is 17.2 Å². The van der Waals surface area contributed by atoms with Gasteiger partial charge in [0.1, 0.15) is 10.7 Å². The number of nitrogens with zero attached hydrogens (tertiary/aromatic N) is 2. The number of pyridine rings is 1. The molecule has 0 spiro atoms. The van der Waals surface area contributed by atoms with E-state index >= 15 is 0 Å². The molecule has 0 atom stereocenters. The first kappa shape index (κ1) is 16.2. The molecule has 0 aliphatic carbocycles. The Hall–Kier alpha value is -1.14. The molecule has 21 heavy (non-hydrogen) atoms. The highest BCUT2D eigenvalue weighted by molar-refractivity contribution is 7.89. The Morgan fingerprint density at radius 2 is 1.95 bits per heavy atom. The van der Waals surface area contributed by atoms with Gasteiger partial charge in [-0.3, -0.25) is 0 Å². The van der Waals surface area contributed by atoms with Gasteiger partial charge in [-0.05, 0) is 31.4 Å². The second-order valence-electron chi connectivity index (χ2n) is 5.48. The molecule has 0 saturated carbocycles. The topological polar surface area (TPSA) is 62.3 Å². The van der Waals surface area contributed by atoms with Crippen LogP contribution in [0.1, 0.15) is 45.4 Å². The Kier molecular flexibility index (Phi) is 5.99. The van der Waals surface area contributed by atoms with Gasteiger partial charge in [0.2, 0.25) is 10.0 Å². The lowest BCUT2D eigenvalue weighted by Crippen LogP contribution is -2.27. The maximum atomic E-state index is 12.3. The first-order chi connectivity index (χ1) is 10.1. The Bertz CT molecular complexity index is 522. The van der Waals surface area contributed by atoms with E-state index in [0.717, 1.165) is 31.6 Å². The van der Waals surface area contributed by atoms with Crippen LogP contribution in [0.5, 0.6) is 0 Å². The second-order valence-corrected chi connectivity index (χ2v) is 7.42. The number of hydrogen-bond acceptors (Lipinski definition) is 4. The Morgan fingerprint density at radius 1 is 1.19 bits per heavy atom. The van der Waals surface area contributed by atoms with E-state index in [1.807, 2.05) is 0 Å². The number of rotatable bonds is 8. The molecular formula is C15H25N3O2S. The highest BCUT2D eigenvalue weighted by atomic mass is 32.2. The summed E-state index contributed by atoms with van der Waals surface area (Å²) in [7, 11) is -3.34. The summed E-state index contributed by atoms with van der Waals surface area (Å²) < 4.78 is 26.2. The highest BCUT2D eigenvalue weighted by Crippen LogP contribution is 2.20. The fraction of sp³-hybridized carbons (Fsp3) is 0.667. The summed E-state index contributed by atoms with van der Waals surface area (Å²) in [5.41, 5.74) is 0. The van der Waals surface area contributed by atoms with Crippen molar-refractivity contribution in [2.45, 2.75) is 50.3 Å². The summed E-state index contributed by atoms with van der Waals surface area (Å²) >= 11 is 0. The molecule has 1 aromatic rings. The van der Waals surface area contributed by atoms with Gasteiger partial charge >= 0.3 is 0 Å². The molecule has 2 rings (SSSR count). The molecular weight excluding hydrogens is 286 g/mol. The van der Waals surface area contributed by atoms with Gasteiger partial charge in [-0.2, -0.15) is 4.31 Å². The van der Waals surface area contributed by atoms with Crippen LogP contribution in [-0.4, -0.2) is 37.3 Å². The first-order valence-corrected chi connectivity index (χ1v) is 9.28. The molecule has 1 aromatic heterocycles. The summed E-state index contributed by atoms with van der Waals surface area (Å²) in [6.45, 7) is 4.32. The molecule has 1 N–H and O–H groups in total. The maximum Gasteiger partial charge on any atom is 0.244 e. The number of sulfonamides is 1. The molecule has 118 valence electrons. The van der Waals surface area contributed by atoms with Gasteiger partial charge < -0.3 is 5.32 Å². The van der Waals surface area contributed by atoms with Crippen molar-refractivity contribution in [2.24, 2.45) is 0 Å². The van der Waals surface area contributed by atoms with Crippen LogP contribution < -0.4 is 5.32 Å². The van der Waals surface area contributed by atoms with Crippen LogP contribution in [0.3, 0.4) is 0 Å². The minimum absolute atomic E-state index is 0.293. The Morgan fingerprint density at radius 3 is 2.57 bits per heavy atom. The predicted molar refractivity (Wildman–Crippen MR) is 84.9 cm³/mol. The summed E-state index contributed by atoms with van der Waals surface area (Å²) in [5, 5.41) is 3.23. The SMILES string of the molecule is CCCCCCNc1ccc(S(=O)(=O)N2CCCC2)cn1. The van der Waals surface area contributed by atoms with Crippen molar-refractivity contribution >= 4 is 15.8 Å². The summed E-state index contributed by atoms with van der Waals surface area (Å²) in [6, 6.07) is 3.40. The molecule has 1 aliphatic rings. The summed E-state index contributed by atoms with van der Waals surface area (Å²) in [6.07, 6.45) is 8.16. The molecule has 6 heteroatoms. The number of anilines is 1. The lowest BCUT2D eigenvalue weighted by atomic mass is 10.2. The predicted octanol–water partition coefficient (Wildman–Crippen LogP) is 2.86. The lowest BCUT2D eigenvalue weighted by Gasteiger charge is -2.15. The first-order valence-electron chi connectivity index (χ1n) is 7.84. The monoisotopic (exact) mass is 311 g/mol. The van der Waals surface area contributed by atoms with Crippen molar-refractivity contribution in [2.75, 3.05) is 25.0 Å². The fourth-order valence-corrected chi connectivity index (χ4v) is 3.95. The van der Waals surface area contributed by atoms with Crippen molar-refractivity contribution in [1.82, 2.24) is 9.29 Å². The zero-order chi connectivity index (χ0) is 15.1. The molecule has 0 unspecified atom stereocenters. The second kappa shape index (κ2) is 7.75. The molecule has 1 fully saturated rings. The average molecular weight is 311 g/mol. The molecule has 0 bridgehead atoms. The van der Waals surface area contributed by atoms with Crippen molar-refractivity contribution in [3.8, 4) is 0 Å². The van der Waals surface area contributed by atoms with Crippen LogP contribution in [-0.2, 0) is 10.0 Å². The number of unbranched alkanes of at least 4 members (excludes halogenated alkanes) is 3. The van der Waals surface area contributed by atoms with Crippen molar-refractivity contribution < 1.29 is 8.42 Å². The zero-order valence-electron chi connectivity index (χ0n) is 12.7. The smallest absolute Gasteiger partial charge is 0.244 e. The van der Waals surface area contributed by atoms with E-state index in [4.69, 9.17) is 0 Å². The van der Waals surface area contributed by atoms with E-state index in [1.54, 1.807) is 16.4 Å². The average Bonchev–Trinajstić information content (AvgIpc) is 3.02. The van der Waals surface area contributed by atoms with Gasteiger partial charge in [0, 0.05) is 25.8 Å². The number of nitrogens with one attached hydrogen (secondary N) is 1. The van der Waals surface area contributed by atoms with E-state index in [9.17, 15) is 8.42 Å². The molecule has 1 saturated heterocycles. The highest BCUT2D eigenvalue weighted by Gasteiger charge is 2.27. The van der Waals surface area contributed by atoms with Crippen LogP contribution in [0.25, 0.3) is 0 Å². The third-order valence-electron chi connectivity index (χ3n) is 3.78. The third kappa shape index (κ3) is 4.41. The zero-order valence-corrected chi connectivity index (χ0v) is 13.5.